The molecule has 0 bridgehead atoms. The zero-order chi connectivity index (χ0) is 9.47. The van der Waals surface area contributed by atoms with E-state index in [1.165, 1.54) is 0 Å². The van der Waals surface area contributed by atoms with Gasteiger partial charge in [-0.3, -0.25) is 9.69 Å². The zero-order valence-electron chi connectivity index (χ0n) is 8.40. The normalized spacial score (nSPS) is 26.6. The van der Waals surface area contributed by atoms with E-state index >= 15 is 0 Å². The van der Waals surface area contributed by atoms with Gasteiger partial charge in [0.2, 0.25) is 0 Å². The van der Waals surface area contributed by atoms with E-state index in [2.05, 4.69) is 16.8 Å². The highest BCUT2D eigenvalue weighted by Crippen LogP contribution is 2.42. The van der Waals surface area contributed by atoms with Crippen molar-refractivity contribution in [1.29, 1.82) is 0 Å². The number of hydrogen-bond donors (Lipinski definition) is 1. The maximum atomic E-state index is 11.0. The van der Waals surface area contributed by atoms with Crippen LogP contribution in [0.4, 0.5) is 0 Å². The fourth-order valence-corrected chi connectivity index (χ4v) is 2.02. The number of aliphatic carboxylic acids is 1. The van der Waals surface area contributed by atoms with Gasteiger partial charge < -0.3 is 10.0 Å². The average molecular weight is 221 g/mol. The third-order valence-corrected chi connectivity index (χ3v) is 3.23. The quantitative estimate of drug-likeness (QED) is 0.726. The number of likely N-dealkylation sites (N-methyl/N-ethyl adjacent to an activating group) is 1. The lowest BCUT2D eigenvalue weighted by atomic mass is 10.2. The lowest BCUT2D eigenvalue weighted by molar-refractivity contribution is -0.146. The topological polar surface area (TPSA) is 43.8 Å². The Morgan fingerprint density at radius 3 is 2.07 bits per heavy atom. The van der Waals surface area contributed by atoms with Gasteiger partial charge >= 0.3 is 5.97 Å². The van der Waals surface area contributed by atoms with E-state index in [9.17, 15) is 4.79 Å². The van der Waals surface area contributed by atoms with Gasteiger partial charge in [0.25, 0.3) is 0 Å². The largest absolute Gasteiger partial charge is 0.480 e. The second-order valence-electron chi connectivity index (χ2n) is 4.13. The molecule has 0 amide bonds. The third-order valence-electron chi connectivity index (χ3n) is 3.23. The predicted molar refractivity (Wildman–Crippen MR) is 55.9 cm³/mol. The maximum Gasteiger partial charge on any atom is 0.324 e. The Bertz CT molecular complexity index is 223. The number of halogens is 1. The molecule has 0 spiro atoms. The number of piperazine rings is 1. The van der Waals surface area contributed by atoms with Crippen LogP contribution >= 0.6 is 12.4 Å². The molecular formula is C9H17ClN2O2. The summed E-state index contributed by atoms with van der Waals surface area (Å²) >= 11 is 0. The highest BCUT2D eigenvalue weighted by Gasteiger charge is 2.55. The van der Waals surface area contributed by atoms with Crippen molar-refractivity contribution in [3.8, 4) is 0 Å². The molecule has 1 aliphatic heterocycles. The molecule has 0 radical (unpaired) electrons. The molecule has 82 valence electrons. The van der Waals surface area contributed by atoms with E-state index in [4.69, 9.17) is 5.11 Å². The number of carboxylic acids is 1. The smallest absolute Gasteiger partial charge is 0.324 e. The molecular weight excluding hydrogens is 204 g/mol. The van der Waals surface area contributed by atoms with Crippen LogP contribution in [0.1, 0.15) is 12.8 Å². The standard InChI is InChI=1S/C9H16N2O2.ClH/c1-10-4-6-11(7-5-10)9(2-3-9)8(12)13;/h2-7H2,1H3,(H,12,13);1H. The van der Waals surface area contributed by atoms with Crippen LogP contribution in [0.5, 0.6) is 0 Å². The summed E-state index contributed by atoms with van der Waals surface area (Å²) in [5.74, 6) is -0.628. The third kappa shape index (κ3) is 1.87. The van der Waals surface area contributed by atoms with Crippen LogP contribution in [0.3, 0.4) is 0 Å². The van der Waals surface area contributed by atoms with Crippen LogP contribution in [0, 0.1) is 0 Å². The summed E-state index contributed by atoms with van der Waals surface area (Å²) in [4.78, 5) is 15.4. The first kappa shape index (κ1) is 11.8. The Morgan fingerprint density at radius 1 is 1.21 bits per heavy atom. The first-order valence-electron chi connectivity index (χ1n) is 4.82. The molecule has 0 atom stereocenters. The van der Waals surface area contributed by atoms with Crippen molar-refractivity contribution in [2.75, 3.05) is 33.2 Å². The minimum Gasteiger partial charge on any atom is -0.480 e. The predicted octanol–water partition coefficient (Wildman–Crippen LogP) is 0.273. The fourth-order valence-electron chi connectivity index (χ4n) is 2.02. The lowest BCUT2D eigenvalue weighted by Crippen LogP contribution is -2.53. The van der Waals surface area contributed by atoms with Gasteiger partial charge in [-0.2, -0.15) is 0 Å². The average Bonchev–Trinajstić information content (AvgIpc) is 2.86. The lowest BCUT2D eigenvalue weighted by Gasteiger charge is -2.36. The molecule has 0 unspecified atom stereocenters. The molecule has 5 heteroatoms. The van der Waals surface area contributed by atoms with Crippen LogP contribution < -0.4 is 0 Å². The van der Waals surface area contributed by atoms with Crippen LogP contribution in [0.2, 0.25) is 0 Å². The number of hydrogen-bond acceptors (Lipinski definition) is 3. The molecule has 2 fully saturated rings. The summed E-state index contributed by atoms with van der Waals surface area (Å²) in [6, 6.07) is 0. The van der Waals surface area contributed by atoms with E-state index < -0.39 is 11.5 Å². The van der Waals surface area contributed by atoms with Crippen LogP contribution in [0.15, 0.2) is 0 Å². The Kier molecular flexibility index (Phi) is 3.40. The molecule has 2 aliphatic rings. The van der Waals surface area contributed by atoms with E-state index in [-0.39, 0.29) is 12.4 Å². The molecule has 1 saturated carbocycles. The summed E-state index contributed by atoms with van der Waals surface area (Å²) in [6.07, 6.45) is 1.68. The second kappa shape index (κ2) is 4.04. The van der Waals surface area contributed by atoms with E-state index in [0.717, 1.165) is 39.0 Å². The van der Waals surface area contributed by atoms with Gasteiger partial charge in [0.15, 0.2) is 0 Å². The minimum atomic E-state index is -0.628. The van der Waals surface area contributed by atoms with Crippen LogP contribution in [0.25, 0.3) is 0 Å². The summed E-state index contributed by atoms with van der Waals surface area (Å²) < 4.78 is 0. The summed E-state index contributed by atoms with van der Waals surface area (Å²) in [6.45, 7) is 3.80. The van der Waals surface area contributed by atoms with Crippen molar-refractivity contribution in [3.05, 3.63) is 0 Å². The molecule has 4 nitrogen and oxygen atoms in total. The van der Waals surface area contributed by atoms with Gasteiger partial charge in [0, 0.05) is 26.2 Å². The Morgan fingerprint density at radius 2 is 1.71 bits per heavy atom. The SMILES string of the molecule is CN1CCN(C2(C(=O)O)CC2)CC1.Cl. The number of rotatable bonds is 2. The molecule has 0 aromatic heterocycles. The molecule has 1 N–H and O–H groups in total. The van der Waals surface area contributed by atoms with Crippen molar-refractivity contribution in [2.45, 2.75) is 18.4 Å². The number of nitrogens with zero attached hydrogens (tertiary/aromatic N) is 2. The molecule has 2 rings (SSSR count). The van der Waals surface area contributed by atoms with Gasteiger partial charge in [-0.15, -0.1) is 12.4 Å². The summed E-state index contributed by atoms with van der Waals surface area (Å²) in [5.41, 5.74) is -0.471. The van der Waals surface area contributed by atoms with Gasteiger partial charge in [-0.25, -0.2) is 0 Å². The molecule has 14 heavy (non-hydrogen) atoms. The van der Waals surface area contributed by atoms with E-state index in [1.807, 2.05) is 0 Å². The maximum absolute atomic E-state index is 11.0. The van der Waals surface area contributed by atoms with Gasteiger partial charge in [-0.1, -0.05) is 0 Å². The Balaban J connectivity index is 0.000000980. The molecule has 1 heterocycles. The van der Waals surface area contributed by atoms with Crippen molar-refractivity contribution in [2.24, 2.45) is 0 Å². The highest BCUT2D eigenvalue weighted by atomic mass is 35.5. The summed E-state index contributed by atoms with van der Waals surface area (Å²) in [5, 5.41) is 9.07. The number of carbonyl (C=O) groups is 1. The van der Waals surface area contributed by atoms with Crippen LogP contribution in [-0.4, -0.2) is 59.6 Å². The monoisotopic (exact) mass is 220 g/mol. The zero-order valence-corrected chi connectivity index (χ0v) is 9.22. The summed E-state index contributed by atoms with van der Waals surface area (Å²) in [7, 11) is 2.08. The van der Waals surface area contributed by atoms with E-state index in [1.54, 1.807) is 0 Å². The first-order valence-corrected chi connectivity index (χ1v) is 4.82. The molecule has 1 saturated heterocycles. The van der Waals surface area contributed by atoms with Gasteiger partial charge in [-0.05, 0) is 19.9 Å². The minimum absolute atomic E-state index is 0. The van der Waals surface area contributed by atoms with Gasteiger partial charge in [0.05, 0.1) is 0 Å². The van der Waals surface area contributed by atoms with Crippen molar-refractivity contribution in [1.82, 2.24) is 9.80 Å². The number of carboxylic acid groups (broad SMARTS) is 1. The van der Waals surface area contributed by atoms with Crippen molar-refractivity contribution in [3.63, 3.8) is 0 Å². The van der Waals surface area contributed by atoms with Crippen LogP contribution in [-0.2, 0) is 4.79 Å². The highest BCUT2D eigenvalue weighted by molar-refractivity contribution is 5.85. The fraction of sp³-hybridized carbons (Fsp3) is 0.889. The molecule has 0 aromatic carbocycles. The first-order chi connectivity index (χ1) is 6.15. The Hall–Kier alpha value is -0.320. The second-order valence-corrected chi connectivity index (χ2v) is 4.13. The molecule has 0 aromatic rings. The van der Waals surface area contributed by atoms with Crippen molar-refractivity contribution < 1.29 is 9.90 Å². The Labute approximate surface area is 90.3 Å². The molecule has 1 aliphatic carbocycles. The van der Waals surface area contributed by atoms with Crippen molar-refractivity contribution >= 4 is 18.4 Å². The van der Waals surface area contributed by atoms with Gasteiger partial charge in [0.1, 0.15) is 5.54 Å². The van der Waals surface area contributed by atoms with E-state index in [0.29, 0.717) is 0 Å².